The Morgan fingerprint density at radius 2 is 1.77 bits per heavy atom. The van der Waals surface area contributed by atoms with E-state index in [1.54, 1.807) is 0 Å². The van der Waals surface area contributed by atoms with Gasteiger partial charge in [0.2, 0.25) is 5.91 Å². The van der Waals surface area contributed by atoms with Crippen LogP contribution in [0.25, 0.3) is 0 Å². The van der Waals surface area contributed by atoms with Crippen LogP contribution in [0.3, 0.4) is 0 Å². The summed E-state index contributed by atoms with van der Waals surface area (Å²) in [5, 5.41) is 8.75. The first-order valence-corrected chi connectivity index (χ1v) is 6.54. The molecule has 1 unspecified atom stereocenters. The maximum absolute atomic E-state index is 14.1. The summed E-state index contributed by atoms with van der Waals surface area (Å²) in [5.74, 6) is -5.41. The average Bonchev–Trinajstić information content (AvgIpc) is 2.46. The highest BCUT2D eigenvalue weighted by atomic mass is 19.1. The van der Waals surface area contributed by atoms with Crippen LogP contribution < -0.4 is 16.2 Å². The quantitative estimate of drug-likeness (QED) is 0.758. The minimum atomic E-state index is -1.46. The second-order valence-corrected chi connectivity index (χ2v) is 4.15. The fourth-order valence-corrected chi connectivity index (χ4v) is 1.86. The molecule has 0 aliphatic carbocycles. The Morgan fingerprint density at radius 1 is 1.27 bits per heavy atom. The molecule has 0 radical (unpaired) electrons. The van der Waals surface area contributed by atoms with E-state index in [2.05, 4.69) is 4.74 Å². The number of primary amides is 1. The van der Waals surface area contributed by atoms with E-state index < -0.39 is 47.3 Å². The van der Waals surface area contributed by atoms with Gasteiger partial charge in [-0.2, -0.15) is 0 Å². The van der Waals surface area contributed by atoms with E-state index in [1.807, 2.05) is 13.8 Å². The first kappa shape index (κ1) is 19.8. The number of ether oxygens (including phenoxy) is 1. The lowest BCUT2D eigenvalue weighted by atomic mass is 9.94. The van der Waals surface area contributed by atoms with Crippen molar-refractivity contribution in [1.29, 1.82) is 0 Å². The van der Waals surface area contributed by atoms with Crippen molar-refractivity contribution in [2.75, 3.05) is 7.11 Å². The van der Waals surface area contributed by atoms with E-state index in [0.29, 0.717) is 0 Å². The second-order valence-electron chi connectivity index (χ2n) is 4.15. The third kappa shape index (κ3) is 3.91. The highest BCUT2D eigenvalue weighted by Gasteiger charge is 2.28. The van der Waals surface area contributed by atoms with Crippen LogP contribution in [0.1, 0.15) is 35.3 Å². The third-order valence-electron chi connectivity index (χ3n) is 2.86. The maximum Gasteiger partial charge on any atom is 0.320 e. The van der Waals surface area contributed by atoms with Crippen molar-refractivity contribution >= 4 is 11.9 Å². The summed E-state index contributed by atoms with van der Waals surface area (Å²) >= 11 is 0. The van der Waals surface area contributed by atoms with Gasteiger partial charge >= 0.3 is 5.97 Å². The minimum Gasteiger partial charge on any atom is -0.491 e. The SMILES string of the molecule is CC.COc1c(F)c(C)c(C(N)=O)c(CC(N)C(=O)O)c1F. The number of aliphatic carboxylic acids is 1. The van der Waals surface area contributed by atoms with Crippen LogP contribution in [0, 0.1) is 18.6 Å². The largest absolute Gasteiger partial charge is 0.491 e. The number of hydrogen-bond acceptors (Lipinski definition) is 4. The Morgan fingerprint density at radius 3 is 2.14 bits per heavy atom. The van der Waals surface area contributed by atoms with Crippen molar-refractivity contribution in [3.8, 4) is 5.75 Å². The lowest BCUT2D eigenvalue weighted by Gasteiger charge is -2.17. The first-order valence-electron chi connectivity index (χ1n) is 6.54. The van der Waals surface area contributed by atoms with Crippen molar-refractivity contribution in [2.24, 2.45) is 11.5 Å². The van der Waals surface area contributed by atoms with Crippen molar-refractivity contribution < 1.29 is 28.2 Å². The van der Waals surface area contributed by atoms with Gasteiger partial charge < -0.3 is 21.3 Å². The predicted octanol–water partition coefficient (Wildman–Crippen LogP) is 1.36. The van der Waals surface area contributed by atoms with E-state index in [9.17, 15) is 18.4 Å². The van der Waals surface area contributed by atoms with Gasteiger partial charge in [0.25, 0.3) is 0 Å². The Labute approximate surface area is 127 Å². The smallest absolute Gasteiger partial charge is 0.320 e. The van der Waals surface area contributed by atoms with Gasteiger partial charge in [-0.15, -0.1) is 0 Å². The molecule has 8 heteroatoms. The van der Waals surface area contributed by atoms with Crippen LogP contribution in [0.4, 0.5) is 8.78 Å². The zero-order valence-electron chi connectivity index (χ0n) is 12.9. The summed E-state index contributed by atoms with van der Waals surface area (Å²) < 4.78 is 32.6. The number of hydrogen-bond donors (Lipinski definition) is 3. The van der Waals surface area contributed by atoms with Crippen molar-refractivity contribution in [2.45, 2.75) is 33.2 Å². The molecule has 124 valence electrons. The number of carboxylic acids is 1. The Bertz CT molecular complexity index is 577. The van der Waals surface area contributed by atoms with Gasteiger partial charge in [-0.1, -0.05) is 13.8 Å². The molecule has 0 saturated heterocycles. The summed E-state index contributed by atoms with van der Waals surface area (Å²) in [6.45, 7) is 5.22. The van der Waals surface area contributed by atoms with Gasteiger partial charge in [-0.25, -0.2) is 8.78 Å². The number of halogens is 2. The van der Waals surface area contributed by atoms with E-state index in [1.165, 1.54) is 6.92 Å². The van der Waals surface area contributed by atoms with E-state index in [0.717, 1.165) is 7.11 Å². The lowest BCUT2D eigenvalue weighted by Crippen LogP contribution is -2.34. The van der Waals surface area contributed by atoms with Crippen molar-refractivity contribution in [3.05, 3.63) is 28.3 Å². The third-order valence-corrected chi connectivity index (χ3v) is 2.86. The average molecular weight is 318 g/mol. The molecule has 22 heavy (non-hydrogen) atoms. The lowest BCUT2D eigenvalue weighted by molar-refractivity contribution is -0.138. The van der Waals surface area contributed by atoms with Crippen LogP contribution in [-0.2, 0) is 11.2 Å². The molecular weight excluding hydrogens is 298 g/mol. The molecule has 0 aliphatic rings. The molecule has 0 spiro atoms. The second kappa shape index (κ2) is 8.28. The number of carboxylic acid groups (broad SMARTS) is 1. The molecule has 1 aromatic carbocycles. The molecule has 0 aromatic heterocycles. The Kier molecular flexibility index (Phi) is 7.44. The molecule has 1 aromatic rings. The molecule has 0 bridgehead atoms. The number of carbonyl (C=O) groups is 2. The van der Waals surface area contributed by atoms with Gasteiger partial charge in [0.15, 0.2) is 17.4 Å². The Hall–Kier alpha value is -2.22. The Balaban J connectivity index is 0.00000211. The molecule has 0 heterocycles. The molecule has 0 aliphatic heterocycles. The summed E-state index contributed by atoms with van der Waals surface area (Å²) in [6.07, 6.45) is -0.517. The molecule has 5 N–H and O–H groups in total. The highest BCUT2D eigenvalue weighted by Crippen LogP contribution is 2.31. The number of amides is 1. The molecule has 1 atom stereocenters. The van der Waals surface area contributed by atoms with E-state index in [4.69, 9.17) is 16.6 Å². The monoisotopic (exact) mass is 318 g/mol. The van der Waals surface area contributed by atoms with Crippen LogP contribution in [0.5, 0.6) is 5.75 Å². The van der Waals surface area contributed by atoms with Crippen LogP contribution in [0.15, 0.2) is 0 Å². The van der Waals surface area contributed by atoms with Crippen molar-refractivity contribution in [3.63, 3.8) is 0 Å². The number of benzene rings is 1. The number of rotatable bonds is 5. The van der Waals surface area contributed by atoms with Gasteiger partial charge in [0, 0.05) is 17.5 Å². The normalized spacial score (nSPS) is 11.2. The van der Waals surface area contributed by atoms with Gasteiger partial charge in [-0.3, -0.25) is 9.59 Å². The standard InChI is InChI=1S/C12H14F2N2O4.C2H6/c1-4-7(11(16)17)5(3-6(15)12(18)19)9(14)10(20-2)8(4)13;1-2/h6H,3,15H2,1-2H3,(H2,16,17)(H,18,19);1-2H3. The van der Waals surface area contributed by atoms with Crippen molar-refractivity contribution in [1.82, 2.24) is 0 Å². The van der Waals surface area contributed by atoms with Crippen LogP contribution in [0.2, 0.25) is 0 Å². The summed E-state index contributed by atoms with van der Waals surface area (Å²) in [5.41, 5.74) is 9.40. The van der Waals surface area contributed by atoms with Gasteiger partial charge in [-0.05, 0) is 6.92 Å². The molecule has 6 nitrogen and oxygen atoms in total. The van der Waals surface area contributed by atoms with Crippen LogP contribution in [-0.4, -0.2) is 30.1 Å². The van der Waals surface area contributed by atoms with E-state index in [-0.39, 0.29) is 11.1 Å². The first-order chi connectivity index (χ1) is 10.2. The summed E-state index contributed by atoms with van der Waals surface area (Å²) in [4.78, 5) is 22.1. The summed E-state index contributed by atoms with van der Waals surface area (Å²) in [7, 11) is 1.05. The topological polar surface area (TPSA) is 116 Å². The number of nitrogens with two attached hydrogens (primary N) is 2. The fourth-order valence-electron chi connectivity index (χ4n) is 1.86. The van der Waals surface area contributed by atoms with Crippen LogP contribution >= 0.6 is 0 Å². The van der Waals surface area contributed by atoms with Gasteiger partial charge in [0.1, 0.15) is 6.04 Å². The minimum absolute atomic E-state index is 0.219. The van der Waals surface area contributed by atoms with Gasteiger partial charge in [0.05, 0.1) is 12.7 Å². The zero-order chi connectivity index (χ0) is 17.6. The molecule has 1 rings (SSSR count). The predicted molar refractivity (Wildman–Crippen MR) is 76.8 cm³/mol. The molecular formula is C14H20F2N2O4. The van der Waals surface area contributed by atoms with E-state index >= 15 is 0 Å². The zero-order valence-corrected chi connectivity index (χ0v) is 12.9. The summed E-state index contributed by atoms with van der Waals surface area (Å²) in [6, 6.07) is -1.46. The fraction of sp³-hybridized carbons (Fsp3) is 0.429. The number of methoxy groups -OCH3 is 1. The molecule has 0 saturated carbocycles. The number of carbonyl (C=O) groups excluding carboxylic acids is 1. The maximum atomic E-state index is 14.1. The molecule has 0 fully saturated rings. The molecule has 1 amide bonds. The highest BCUT2D eigenvalue weighted by molar-refractivity contribution is 5.96.